The average molecular weight is 322 g/mol. The summed E-state index contributed by atoms with van der Waals surface area (Å²) in [7, 11) is 0. The van der Waals surface area contributed by atoms with E-state index in [1.54, 1.807) is 0 Å². The molecule has 5 aromatic rings. The van der Waals surface area contributed by atoms with Gasteiger partial charge in [0.1, 0.15) is 5.58 Å². The largest absolute Gasteiger partial charge is 0.438 e. The highest BCUT2D eigenvalue weighted by molar-refractivity contribution is 6.11. The van der Waals surface area contributed by atoms with Gasteiger partial charge in [0.05, 0.1) is 11.4 Å². The number of hydrogen-bond donors (Lipinski definition) is 0. The van der Waals surface area contributed by atoms with Crippen LogP contribution in [0.3, 0.4) is 0 Å². The summed E-state index contributed by atoms with van der Waals surface area (Å²) >= 11 is 0. The first-order valence-corrected chi connectivity index (χ1v) is 8.19. The van der Waals surface area contributed by atoms with Gasteiger partial charge in [-0.1, -0.05) is 48.5 Å². The van der Waals surface area contributed by atoms with Crippen molar-refractivity contribution in [3.05, 3.63) is 85.1 Å². The number of nitrogens with zero attached hydrogens (tertiary/aromatic N) is 2. The highest BCUT2D eigenvalue weighted by Gasteiger charge is 2.14. The monoisotopic (exact) mass is 322 g/mol. The summed E-state index contributed by atoms with van der Waals surface area (Å²) in [6.45, 7) is 0. The van der Waals surface area contributed by atoms with E-state index < -0.39 is 0 Å². The second-order valence-electron chi connectivity index (χ2n) is 5.91. The molecule has 5 rings (SSSR count). The number of hydrogen-bond acceptors (Lipinski definition) is 3. The zero-order chi connectivity index (χ0) is 16.6. The fourth-order valence-corrected chi connectivity index (χ4v) is 3.21. The maximum atomic E-state index is 6.04. The van der Waals surface area contributed by atoms with E-state index >= 15 is 0 Å². The van der Waals surface area contributed by atoms with Gasteiger partial charge in [-0.15, -0.1) is 0 Å². The van der Waals surface area contributed by atoms with Gasteiger partial charge in [0.15, 0.2) is 0 Å². The maximum absolute atomic E-state index is 6.04. The van der Waals surface area contributed by atoms with Crippen molar-refractivity contribution >= 4 is 22.1 Å². The van der Waals surface area contributed by atoms with Crippen molar-refractivity contribution in [3.63, 3.8) is 0 Å². The highest BCUT2D eigenvalue weighted by atomic mass is 16.3. The quantitative estimate of drug-likeness (QED) is 0.418. The highest BCUT2D eigenvalue weighted by Crippen LogP contribution is 2.36. The molecule has 0 saturated heterocycles. The van der Waals surface area contributed by atoms with Gasteiger partial charge >= 0.3 is 0 Å². The fraction of sp³-hybridized carbons (Fsp3) is 0. The number of benzene rings is 2. The number of rotatable bonds is 2. The van der Waals surface area contributed by atoms with Crippen molar-refractivity contribution < 1.29 is 4.42 Å². The Morgan fingerprint density at radius 1 is 0.680 bits per heavy atom. The lowest BCUT2D eigenvalue weighted by molar-refractivity contribution is 0.654. The van der Waals surface area contributed by atoms with Crippen LogP contribution < -0.4 is 0 Å². The van der Waals surface area contributed by atoms with E-state index in [-0.39, 0.29) is 0 Å². The molecule has 3 nitrogen and oxygen atoms in total. The molecule has 0 N–H and O–H groups in total. The SMILES string of the molecule is c1ccc(-c2ccc3c(n2)oc2cccc(-c4ccccn4)c23)cc1. The van der Waals surface area contributed by atoms with Crippen LogP contribution in [-0.4, -0.2) is 9.97 Å². The van der Waals surface area contributed by atoms with E-state index in [0.717, 1.165) is 38.9 Å². The van der Waals surface area contributed by atoms with Gasteiger partial charge in [-0.2, -0.15) is 0 Å². The van der Waals surface area contributed by atoms with Crippen LogP contribution in [0.25, 0.3) is 44.6 Å². The van der Waals surface area contributed by atoms with Crippen LogP contribution in [0.1, 0.15) is 0 Å². The van der Waals surface area contributed by atoms with E-state index in [4.69, 9.17) is 9.40 Å². The van der Waals surface area contributed by atoms with E-state index in [2.05, 4.69) is 29.2 Å². The standard InChI is InChI=1S/C22H14N2O/c1-2-7-15(8-3-1)18-13-12-17-21-16(19-10-4-5-14-23-19)9-6-11-20(21)25-22(17)24-18/h1-14H. The van der Waals surface area contributed by atoms with Crippen LogP contribution in [0, 0.1) is 0 Å². The van der Waals surface area contributed by atoms with E-state index in [9.17, 15) is 0 Å². The molecule has 3 aromatic heterocycles. The average Bonchev–Trinajstić information content (AvgIpc) is 3.07. The Morgan fingerprint density at radius 3 is 2.40 bits per heavy atom. The smallest absolute Gasteiger partial charge is 0.227 e. The van der Waals surface area contributed by atoms with Crippen LogP contribution in [0.15, 0.2) is 89.5 Å². The third-order valence-corrected chi connectivity index (χ3v) is 4.37. The molecule has 0 unspecified atom stereocenters. The maximum Gasteiger partial charge on any atom is 0.227 e. The van der Waals surface area contributed by atoms with Gasteiger partial charge in [0, 0.05) is 28.1 Å². The van der Waals surface area contributed by atoms with E-state index in [1.165, 1.54) is 0 Å². The van der Waals surface area contributed by atoms with Gasteiger partial charge < -0.3 is 4.42 Å². The fourth-order valence-electron chi connectivity index (χ4n) is 3.21. The third-order valence-electron chi connectivity index (χ3n) is 4.37. The van der Waals surface area contributed by atoms with Crippen LogP contribution >= 0.6 is 0 Å². The van der Waals surface area contributed by atoms with Crippen LogP contribution in [0.2, 0.25) is 0 Å². The molecule has 0 bridgehead atoms. The Balaban J connectivity index is 1.78. The van der Waals surface area contributed by atoms with Gasteiger partial charge in [0.2, 0.25) is 5.71 Å². The minimum Gasteiger partial charge on any atom is -0.438 e. The van der Waals surface area contributed by atoms with Crippen molar-refractivity contribution in [3.8, 4) is 22.5 Å². The Labute approximate surface area is 144 Å². The first-order chi connectivity index (χ1) is 12.4. The lowest BCUT2D eigenvalue weighted by atomic mass is 10.0. The molecule has 3 heterocycles. The lowest BCUT2D eigenvalue weighted by Crippen LogP contribution is -1.84. The summed E-state index contributed by atoms with van der Waals surface area (Å²) in [5.41, 5.74) is 5.46. The second kappa shape index (κ2) is 5.56. The number of furan rings is 1. The summed E-state index contributed by atoms with van der Waals surface area (Å²) in [6, 6.07) is 26.2. The van der Waals surface area contributed by atoms with Crippen molar-refractivity contribution in [1.82, 2.24) is 9.97 Å². The molecular formula is C22H14N2O. The van der Waals surface area contributed by atoms with Crippen LogP contribution in [0.5, 0.6) is 0 Å². The molecule has 0 aliphatic rings. The molecular weight excluding hydrogens is 308 g/mol. The molecule has 0 aliphatic carbocycles. The minimum absolute atomic E-state index is 0.653. The predicted octanol–water partition coefficient (Wildman–Crippen LogP) is 5.71. The zero-order valence-electron chi connectivity index (χ0n) is 13.4. The molecule has 0 radical (unpaired) electrons. The molecule has 3 heteroatoms. The van der Waals surface area contributed by atoms with Gasteiger partial charge in [0.25, 0.3) is 0 Å². The number of aromatic nitrogens is 2. The van der Waals surface area contributed by atoms with Crippen molar-refractivity contribution in [2.45, 2.75) is 0 Å². The molecule has 118 valence electrons. The summed E-state index contributed by atoms with van der Waals surface area (Å²) < 4.78 is 6.04. The van der Waals surface area contributed by atoms with Crippen molar-refractivity contribution in [1.29, 1.82) is 0 Å². The molecule has 0 saturated carbocycles. The molecule has 0 spiro atoms. The van der Waals surface area contributed by atoms with Crippen molar-refractivity contribution in [2.75, 3.05) is 0 Å². The van der Waals surface area contributed by atoms with Crippen molar-refractivity contribution in [2.24, 2.45) is 0 Å². The van der Waals surface area contributed by atoms with E-state index in [1.807, 2.05) is 60.8 Å². The van der Waals surface area contributed by atoms with Gasteiger partial charge in [-0.05, 0) is 30.3 Å². The second-order valence-corrected chi connectivity index (χ2v) is 5.91. The van der Waals surface area contributed by atoms with Crippen LogP contribution in [-0.2, 0) is 0 Å². The van der Waals surface area contributed by atoms with Gasteiger partial charge in [-0.25, -0.2) is 4.98 Å². The Bertz CT molecular complexity index is 1180. The summed E-state index contributed by atoms with van der Waals surface area (Å²) in [4.78, 5) is 9.22. The first-order valence-electron chi connectivity index (χ1n) is 8.19. The number of pyridine rings is 2. The Morgan fingerprint density at radius 2 is 1.56 bits per heavy atom. The van der Waals surface area contributed by atoms with Crippen LogP contribution in [0.4, 0.5) is 0 Å². The molecule has 0 aliphatic heterocycles. The molecule has 0 atom stereocenters. The lowest BCUT2D eigenvalue weighted by Gasteiger charge is -2.02. The summed E-state index contributed by atoms with van der Waals surface area (Å²) in [5, 5.41) is 2.07. The Hall–Kier alpha value is -3.46. The van der Waals surface area contributed by atoms with E-state index in [0.29, 0.717) is 5.71 Å². The summed E-state index contributed by atoms with van der Waals surface area (Å²) in [6.07, 6.45) is 1.81. The Kier molecular flexibility index (Phi) is 3.10. The third kappa shape index (κ3) is 2.29. The first kappa shape index (κ1) is 13.9. The topological polar surface area (TPSA) is 38.9 Å². The predicted molar refractivity (Wildman–Crippen MR) is 100 cm³/mol. The zero-order valence-corrected chi connectivity index (χ0v) is 13.4. The van der Waals surface area contributed by atoms with Gasteiger partial charge in [-0.3, -0.25) is 4.98 Å². The summed E-state index contributed by atoms with van der Waals surface area (Å²) in [5.74, 6) is 0. The molecule has 2 aromatic carbocycles. The number of fused-ring (bicyclic) bond motifs is 3. The molecule has 0 amide bonds. The molecule has 25 heavy (non-hydrogen) atoms. The minimum atomic E-state index is 0.653. The normalized spacial score (nSPS) is 11.2. The molecule has 0 fully saturated rings.